The predicted molar refractivity (Wildman–Crippen MR) is 33.0 cm³/mol. The molecule has 0 aliphatic rings. The number of nitrogens with zero attached hydrogens (tertiary/aromatic N) is 2. The summed E-state index contributed by atoms with van der Waals surface area (Å²) in [7, 11) is 0. The Kier molecular flexibility index (Phi) is 1.98. The van der Waals surface area contributed by atoms with Crippen LogP contribution in [0.5, 0.6) is 0 Å². The number of nitrogens with two attached hydrogens (primary N) is 1. The summed E-state index contributed by atoms with van der Waals surface area (Å²) < 4.78 is 4.67. The molecule has 0 fully saturated rings. The van der Waals surface area contributed by atoms with Crippen LogP contribution in [0.2, 0.25) is 0 Å². The van der Waals surface area contributed by atoms with Crippen molar-refractivity contribution in [1.82, 2.24) is 10.1 Å². The second kappa shape index (κ2) is 2.76. The highest BCUT2D eigenvalue weighted by atomic mass is 16.5. The number of hydrogen-bond acceptors (Lipinski definition) is 5. The summed E-state index contributed by atoms with van der Waals surface area (Å²) >= 11 is 0. The van der Waals surface area contributed by atoms with Gasteiger partial charge in [0.1, 0.15) is 6.04 Å². The zero-order chi connectivity index (χ0) is 7.56. The van der Waals surface area contributed by atoms with Crippen LogP contribution in [0.25, 0.3) is 0 Å². The van der Waals surface area contributed by atoms with Gasteiger partial charge in [0.2, 0.25) is 5.89 Å². The quantitative estimate of drug-likeness (QED) is 0.575. The molecule has 1 aromatic rings. The van der Waals surface area contributed by atoms with E-state index in [1.165, 1.54) is 0 Å². The van der Waals surface area contributed by atoms with Crippen molar-refractivity contribution < 1.29 is 9.63 Å². The summed E-state index contributed by atoms with van der Waals surface area (Å²) in [6.45, 7) is 1.51. The monoisotopic (exact) mass is 143 g/mol. The summed E-state index contributed by atoms with van der Waals surface area (Å²) in [6.07, 6.45) is 0. The van der Waals surface area contributed by atoms with Crippen LogP contribution in [0, 0.1) is 6.92 Å². The molecule has 0 unspecified atom stereocenters. The van der Waals surface area contributed by atoms with Crippen molar-refractivity contribution in [2.45, 2.75) is 13.0 Å². The first-order chi connectivity index (χ1) is 4.74. The SMILES string of the molecule is Cc1noc([C@@H](N)CO)n1. The second-order valence-corrected chi connectivity index (χ2v) is 1.97. The minimum Gasteiger partial charge on any atom is -0.394 e. The van der Waals surface area contributed by atoms with Gasteiger partial charge < -0.3 is 15.4 Å². The maximum absolute atomic E-state index is 8.54. The fourth-order valence-corrected chi connectivity index (χ4v) is 0.542. The van der Waals surface area contributed by atoms with E-state index in [2.05, 4.69) is 14.7 Å². The molecule has 0 aromatic carbocycles. The normalized spacial score (nSPS) is 13.5. The van der Waals surface area contributed by atoms with Crippen molar-refractivity contribution in [3.05, 3.63) is 11.7 Å². The van der Waals surface area contributed by atoms with Crippen LogP contribution in [-0.4, -0.2) is 21.9 Å². The Bertz CT molecular complexity index is 210. The molecule has 0 bridgehead atoms. The van der Waals surface area contributed by atoms with Gasteiger partial charge in [0.05, 0.1) is 6.61 Å². The van der Waals surface area contributed by atoms with Gasteiger partial charge in [-0.2, -0.15) is 4.98 Å². The average Bonchev–Trinajstić information content (AvgIpc) is 2.34. The van der Waals surface area contributed by atoms with E-state index < -0.39 is 6.04 Å². The van der Waals surface area contributed by atoms with Crippen molar-refractivity contribution >= 4 is 0 Å². The molecule has 5 nitrogen and oxygen atoms in total. The predicted octanol–water partition coefficient (Wildman–Crippen LogP) is -0.630. The molecule has 0 radical (unpaired) electrons. The number of rotatable bonds is 2. The Morgan fingerprint density at radius 2 is 2.50 bits per heavy atom. The van der Waals surface area contributed by atoms with Crippen LogP contribution in [0.1, 0.15) is 17.8 Å². The standard InChI is InChI=1S/C5H9N3O2/c1-3-7-5(10-8-3)4(6)2-9/h4,9H,2,6H2,1H3/t4-/m0/s1. The summed E-state index contributed by atoms with van der Waals surface area (Å²) in [5.74, 6) is 0.805. The lowest BCUT2D eigenvalue weighted by molar-refractivity contribution is 0.236. The van der Waals surface area contributed by atoms with E-state index in [-0.39, 0.29) is 12.5 Å². The number of aryl methyl sites for hydroxylation is 1. The molecule has 56 valence electrons. The van der Waals surface area contributed by atoms with Crippen LogP contribution in [0.4, 0.5) is 0 Å². The molecule has 0 saturated heterocycles. The van der Waals surface area contributed by atoms with Gasteiger partial charge in [-0.05, 0) is 6.92 Å². The van der Waals surface area contributed by atoms with E-state index in [0.29, 0.717) is 5.82 Å². The van der Waals surface area contributed by atoms with Gasteiger partial charge in [-0.1, -0.05) is 5.16 Å². The molecule has 1 atom stereocenters. The molecule has 0 spiro atoms. The molecule has 0 aliphatic carbocycles. The summed E-state index contributed by atoms with van der Waals surface area (Å²) in [6, 6.07) is -0.554. The minimum atomic E-state index is -0.554. The van der Waals surface area contributed by atoms with E-state index in [4.69, 9.17) is 10.8 Å². The molecule has 0 saturated carbocycles. The summed E-state index contributed by atoms with van der Waals surface area (Å²) in [5, 5.41) is 12.1. The van der Waals surface area contributed by atoms with Crippen LogP contribution >= 0.6 is 0 Å². The van der Waals surface area contributed by atoms with E-state index in [1.54, 1.807) is 6.92 Å². The first kappa shape index (κ1) is 7.17. The lowest BCUT2D eigenvalue weighted by Gasteiger charge is -1.97. The zero-order valence-electron chi connectivity index (χ0n) is 5.61. The molecule has 10 heavy (non-hydrogen) atoms. The van der Waals surface area contributed by atoms with Crippen LogP contribution in [0.15, 0.2) is 4.52 Å². The topological polar surface area (TPSA) is 85.2 Å². The molecule has 5 heteroatoms. The highest BCUT2D eigenvalue weighted by Crippen LogP contribution is 2.04. The van der Waals surface area contributed by atoms with Crippen molar-refractivity contribution in [2.75, 3.05) is 6.61 Å². The Hall–Kier alpha value is -0.940. The van der Waals surface area contributed by atoms with Crippen molar-refractivity contribution in [2.24, 2.45) is 5.73 Å². The molecule has 1 rings (SSSR count). The minimum absolute atomic E-state index is 0.179. The van der Waals surface area contributed by atoms with Gasteiger partial charge >= 0.3 is 0 Å². The maximum atomic E-state index is 8.54. The molecular weight excluding hydrogens is 134 g/mol. The van der Waals surface area contributed by atoms with E-state index >= 15 is 0 Å². The van der Waals surface area contributed by atoms with E-state index in [9.17, 15) is 0 Å². The smallest absolute Gasteiger partial charge is 0.245 e. The highest BCUT2D eigenvalue weighted by Gasteiger charge is 2.10. The molecular formula is C5H9N3O2. The number of aliphatic hydroxyl groups excluding tert-OH is 1. The van der Waals surface area contributed by atoms with Gasteiger partial charge in [0.15, 0.2) is 5.82 Å². The third-order valence-corrected chi connectivity index (χ3v) is 1.06. The third-order valence-electron chi connectivity index (χ3n) is 1.06. The Morgan fingerprint density at radius 1 is 1.80 bits per heavy atom. The summed E-state index contributed by atoms with van der Waals surface area (Å²) in [5.41, 5.74) is 5.36. The van der Waals surface area contributed by atoms with Crippen molar-refractivity contribution in [1.29, 1.82) is 0 Å². The lowest BCUT2D eigenvalue weighted by Crippen LogP contribution is -2.14. The Balaban J connectivity index is 2.74. The number of aromatic nitrogens is 2. The maximum Gasteiger partial charge on any atom is 0.245 e. The van der Waals surface area contributed by atoms with Crippen LogP contribution in [0.3, 0.4) is 0 Å². The largest absolute Gasteiger partial charge is 0.394 e. The average molecular weight is 143 g/mol. The van der Waals surface area contributed by atoms with E-state index in [1.807, 2.05) is 0 Å². The summed E-state index contributed by atoms with van der Waals surface area (Å²) in [4.78, 5) is 3.82. The second-order valence-electron chi connectivity index (χ2n) is 1.97. The number of hydrogen-bond donors (Lipinski definition) is 2. The zero-order valence-corrected chi connectivity index (χ0v) is 5.61. The van der Waals surface area contributed by atoms with Gasteiger partial charge in [-0.3, -0.25) is 0 Å². The fraction of sp³-hybridized carbons (Fsp3) is 0.600. The van der Waals surface area contributed by atoms with Crippen molar-refractivity contribution in [3.8, 4) is 0 Å². The Labute approximate surface area is 57.8 Å². The molecule has 3 N–H and O–H groups in total. The van der Waals surface area contributed by atoms with Crippen LogP contribution in [-0.2, 0) is 0 Å². The van der Waals surface area contributed by atoms with Crippen LogP contribution < -0.4 is 5.73 Å². The first-order valence-electron chi connectivity index (χ1n) is 2.90. The molecule has 0 aliphatic heterocycles. The first-order valence-corrected chi connectivity index (χ1v) is 2.90. The highest BCUT2D eigenvalue weighted by molar-refractivity contribution is 4.88. The lowest BCUT2D eigenvalue weighted by atomic mass is 10.3. The van der Waals surface area contributed by atoms with Gasteiger partial charge in [0.25, 0.3) is 0 Å². The molecule has 1 heterocycles. The van der Waals surface area contributed by atoms with Crippen molar-refractivity contribution in [3.63, 3.8) is 0 Å². The number of aliphatic hydroxyl groups is 1. The van der Waals surface area contributed by atoms with Gasteiger partial charge in [0, 0.05) is 0 Å². The third kappa shape index (κ3) is 1.31. The van der Waals surface area contributed by atoms with E-state index in [0.717, 1.165) is 0 Å². The Morgan fingerprint density at radius 3 is 2.90 bits per heavy atom. The molecule has 1 aromatic heterocycles. The van der Waals surface area contributed by atoms with Gasteiger partial charge in [-0.15, -0.1) is 0 Å². The molecule has 0 amide bonds. The van der Waals surface area contributed by atoms with Gasteiger partial charge in [-0.25, -0.2) is 0 Å². The fourth-order valence-electron chi connectivity index (χ4n) is 0.542.